The molecule has 90 valence electrons. The molecule has 1 heterocycles. The Kier molecular flexibility index (Phi) is 3.81. The third-order valence-corrected chi connectivity index (χ3v) is 4.26. The van der Waals surface area contributed by atoms with Gasteiger partial charge in [-0.25, -0.2) is 0 Å². The van der Waals surface area contributed by atoms with Crippen molar-refractivity contribution in [2.75, 3.05) is 0 Å². The molecule has 4 nitrogen and oxygen atoms in total. The van der Waals surface area contributed by atoms with E-state index in [2.05, 4.69) is 10.2 Å². The van der Waals surface area contributed by atoms with E-state index in [4.69, 9.17) is 23.2 Å². The number of rotatable bonds is 3. The topological polar surface area (TPSA) is 47.8 Å². The van der Waals surface area contributed by atoms with Crippen LogP contribution in [0.3, 0.4) is 0 Å². The summed E-state index contributed by atoms with van der Waals surface area (Å²) < 4.78 is 13.8. The predicted molar refractivity (Wildman–Crippen MR) is 67.6 cm³/mol. The van der Waals surface area contributed by atoms with E-state index < -0.39 is 10.8 Å². The van der Waals surface area contributed by atoms with Crippen LogP contribution in [0.5, 0.6) is 0 Å². The van der Waals surface area contributed by atoms with Crippen LogP contribution in [0, 0.1) is 0 Å². The van der Waals surface area contributed by atoms with Gasteiger partial charge in [0.25, 0.3) is 0 Å². The van der Waals surface area contributed by atoms with Crippen molar-refractivity contribution in [2.45, 2.75) is 10.6 Å². The van der Waals surface area contributed by atoms with Gasteiger partial charge in [0.2, 0.25) is 0 Å². The SMILES string of the molecule is Cn1cnnc1CS(=O)c1ccc(Cl)c(Cl)c1. The number of aryl methyl sites for hydroxylation is 1. The Balaban J connectivity index is 2.20. The number of hydrogen-bond donors (Lipinski definition) is 0. The second-order valence-electron chi connectivity index (χ2n) is 3.42. The molecule has 17 heavy (non-hydrogen) atoms. The van der Waals surface area contributed by atoms with Gasteiger partial charge in [-0.1, -0.05) is 23.2 Å². The molecule has 0 N–H and O–H groups in total. The monoisotopic (exact) mass is 289 g/mol. The van der Waals surface area contributed by atoms with Gasteiger partial charge in [0.15, 0.2) is 0 Å². The molecule has 0 aliphatic rings. The number of nitrogens with zero attached hydrogens (tertiary/aromatic N) is 3. The highest BCUT2D eigenvalue weighted by atomic mass is 35.5. The summed E-state index contributed by atoms with van der Waals surface area (Å²) in [5.74, 6) is 0.962. The van der Waals surface area contributed by atoms with Crippen LogP contribution in [-0.2, 0) is 23.6 Å². The zero-order valence-corrected chi connectivity index (χ0v) is 11.3. The molecule has 0 saturated heterocycles. The lowest BCUT2D eigenvalue weighted by Crippen LogP contribution is -2.03. The Morgan fingerprint density at radius 3 is 2.71 bits per heavy atom. The van der Waals surface area contributed by atoms with E-state index in [1.807, 2.05) is 0 Å². The second kappa shape index (κ2) is 5.16. The fourth-order valence-corrected chi connectivity index (χ4v) is 2.75. The van der Waals surface area contributed by atoms with E-state index >= 15 is 0 Å². The van der Waals surface area contributed by atoms with Crippen molar-refractivity contribution in [3.05, 3.63) is 40.4 Å². The fraction of sp³-hybridized carbons (Fsp3) is 0.200. The van der Waals surface area contributed by atoms with Crippen molar-refractivity contribution in [3.63, 3.8) is 0 Å². The van der Waals surface area contributed by atoms with Crippen LogP contribution < -0.4 is 0 Å². The van der Waals surface area contributed by atoms with Crippen molar-refractivity contribution in [1.82, 2.24) is 14.8 Å². The third kappa shape index (κ3) is 2.86. The first kappa shape index (κ1) is 12.5. The molecular formula is C10H9Cl2N3OS. The summed E-state index contributed by atoms with van der Waals surface area (Å²) in [6.07, 6.45) is 1.57. The molecule has 0 fully saturated rings. The van der Waals surface area contributed by atoms with Crippen LogP contribution >= 0.6 is 23.2 Å². The molecule has 2 aromatic rings. The van der Waals surface area contributed by atoms with Crippen molar-refractivity contribution in [1.29, 1.82) is 0 Å². The minimum Gasteiger partial charge on any atom is -0.320 e. The fourth-order valence-electron chi connectivity index (χ4n) is 1.26. The molecule has 1 aromatic heterocycles. The first-order valence-electron chi connectivity index (χ1n) is 4.74. The Hall–Kier alpha value is -0.910. The number of aromatic nitrogens is 3. The summed E-state index contributed by atoms with van der Waals surface area (Å²) in [6, 6.07) is 4.94. The first-order valence-corrected chi connectivity index (χ1v) is 6.81. The molecule has 0 bridgehead atoms. The van der Waals surface area contributed by atoms with Crippen molar-refractivity contribution in [3.8, 4) is 0 Å². The lowest BCUT2D eigenvalue weighted by molar-refractivity contribution is 0.679. The van der Waals surface area contributed by atoms with Gasteiger partial charge in [0, 0.05) is 11.9 Å². The van der Waals surface area contributed by atoms with Gasteiger partial charge in [-0.2, -0.15) is 0 Å². The average Bonchev–Trinajstić information content (AvgIpc) is 2.68. The summed E-state index contributed by atoms with van der Waals surface area (Å²) in [4.78, 5) is 0.627. The Labute approximate surface area is 111 Å². The smallest absolute Gasteiger partial charge is 0.145 e. The Morgan fingerprint density at radius 2 is 2.12 bits per heavy atom. The third-order valence-electron chi connectivity index (χ3n) is 2.22. The van der Waals surface area contributed by atoms with Gasteiger partial charge in [-0.05, 0) is 18.2 Å². The molecule has 1 atom stereocenters. The van der Waals surface area contributed by atoms with Crippen LogP contribution in [0.25, 0.3) is 0 Å². The van der Waals surface area contributed by atoms with E-state index in [-0.39, 0.29) is 0 Å². The van der Waals surface area contributed by atoms with Gasteiger partial charge in [-0.15, -0.1) is 10.2 Å². The molecule has 1 unspecified atom stereocenters. The summed E-state index contributed by atoms with van der Waals surface area (Å²) in [5.41, 5.74) is 0. The van der Waals surface area contributed by atoms with Gasteiger partial charge >= 0.3 is 0 Å². The molecule has 0 spiro atoms. The normalized spacial score (nSPS) is 12.6. The maximum atomic E-state index is 12.1. The molecule has 0 aliphatic heterocycles. The zero-order valence-electron chi connectivity index (χ0n) is 8.93. The number of halogens is 2. The Bertz CT molecular complexity index is 570. The molecule has 2 rings (SSSR count). The van der Waals surface area contributed by atoms with Gasteiger partial charge in [0.05, 0.1) is 26.6 Å². The lowest BCUT2D eigenvalue weighted by atomic mass is 10.4. The molecule has 0 amide bonds. The number of benzene rings is 1. The summed E-state index contributed by atoms with van der Waals surface area (Å²) in [7, 11) is 0.599. The number of hydrogen-bond acceptors (Lipinski definition) is 3. The molecular weight excluding hydrogens is 281 g/mol. The Morgan fingerprint density at radius 1 is 1.35 bits per heavy atom. The van der Waals surface area contributed by atoms with Crippen LogP contribution in [-0.4, -0.2) is 19.0 Å². The minimum absolute atomic E-state index is 0.300. The molecule has 0 radical (unpaired) electrons. The zero-order chi connectivity index (χ0) is 12.4. The van der Waals surface area contributed by atoms with Crippen molar-refractivity contribution >= 4 is 34.0 Å². The van der Waals surface area contributed by atoms with Crippen LogP contribution in [0.1, 0.15) is 5.82 Å². The first-order chi connectivity index (χ1) is 8.08. The molecule has 0 saturated carbocycles. The second-order valence-corrected chi connectivity index (χ2v) is 5.69. The standard InChI is InChI=1S/C10H9Cl2N3OS/c1-15-6-13-14-10(15)5-17(16)7-2-3-8(11)9(12)4-7/h2-4,6H,5H2,1H3. The van der Waals surface area contributed by atoms with E-state index in [0.717, 1.165) is 0 Å². The van der Waals surface area contributed by atoms with Crippen LogP contribution in [0.15, 0.2) is 29.4 Å². The van der Waals surface area contributed by atoms with E-state index in [1.54, 1.807) is 36.1 Å². The van der Waals surface area contributed by atoms with E-state index in [1.165, 1.54) is 0 Å². The highest BCUT2D eigenvalue weighted by Gasteiger charge is 2.10. The summed E-state index contributed by atoms with van der Waals surface area (Å²) in [6.45, 7) is 0. The summed E-state index contributed by atoms with van der Waals surface area (Å²) >= 11 is 11.7. The molecule has 1 aromatic carbocycles. The van der Waals surface area contributed by atoms with Gasteiger partial charge in [0.1, 0.15) is 12.2 Å². The minimum atomic E-state index is -1.21. The van der Waals surface area contributed by atoms with Crippen LogP contribution in [0.4, 0.5) is 0 Å². The maximum Gasteiger partial charge on any atom is 0.145 e. The van der Waals surface area contributed by atoms with Gasteiger partial charge < -0.3 is 4.57 Å². The highest BCUT2D eigenvalue weighted by Crippen LogP contribution is 2.24. The largest absolute Gasteiger partial charge is 0.320 e. The summed E-state index contributed by atoms with van der Waals surface area (Å²) in [5, 5.41) is 8.46. The quantitative estimate of drug-likeness (QED) is 0.872. The van der Waals surface area contributed by atoms with Crippen molar-refractivity contribution < 1.29 is 4.21 Å². The lowest BCUT2D eigenvalue weighted by Gasteiger charge is -2.03. The van der Waals surface area contributed by atoms with Crippen molar-refractivity contribution in [2.24, 2.45) is 7.05 Å². The average molecular weight is 290 g/mol. The highest BCUT2D eigenvalue weighted by molar-refractivity contribution is 7.84. The van der Waals surface area contributed by atoms with E-state index in [9.17, 15) is 4.21 Å². The van der Waals surface area contributed by atoms with Crippen LogP contribution in [0.2, 0.25) is 10.0 Å². The maximum absolute atomic E-state index is 12.1. The van der Waals surface area contributed by atoms with Gasteiger partial charge in [-0.3, -0.25) is 4.21 Å². The van der Waals surface area contributed by atoms with E-state index in [0.29, 0.717) is 26.5 Å². The molecule has 7 heteroatoms. The predicted octanol–water partition coefficient (Wildman–Crippen LogP) is 2.43. The molecule has 0 aliphatic carbocycles.